The maximum atomic E-state index is 13.3. The Morgan fingerprint density at radius 2 is 1.26 bits per heavy atom. The topological polar surface area (TPSA) is 116 Å². The lowest BCUT2D eigenvalue weighted by molar-refractivity contribution is -0.114. The van der Waals surface area contributed by atoms with Gasteiger partial charge in [0.15, 0.2) is 0 Å². The minimum atomic E-state index is -4.08. The summed E-state index contributed by atoms with van der Waals surface area (Å²) in [6.07, 6.45) is 0. The van der Waals surface area contributed by atoms with E-state index in [1.165, 1.54) is 62.6 Å². The van der Waals surface area contributed by atoms with Gasteiger partial charge in [0.2, 0.25) is 5.91 Å². The number of hydrogen-bond acceptors (Lipinski definition) is 5. The van der Waals surface area contributed by atoms with Crippen LogP contribution in [0.15, 0.2) is 77.7 Å². The molecule has 186 valence electrons. The Morgan fingerprint density at radius 1 is 0.771 bits per heavy atom. The monoisotopic (exact) mass is 524 g/mol. The summed E-state index contributed by atoms with van der Waals surface area (Å²) < 4.78 is 80.8. The number of halogens is 2. The Bertz CT molecular complexity index is 1400. The third kappa shape index (κ3) is 6.53. The van der Waals surface area contributed by atoms with E-state index in [1.807, 2.05) is 0 Å². The largest absolute Gasteiger partial charge is 0.325 e. The molecule has 0 aliphatic rings. The highest BCUT2D eigenvalue weighted by Crippen LogP contribution is 2.21. The first kappa shape index (κ1) is 26.1. The Balaban J connectivity index is 1.74. The van der Waals surface area contributed by atoms with Gasteiger partial charge >= 0.3 is 10.2 Å². The fraction of sp³-hybridized carbons (Fsp3) is 0.136. The van der Waals surface area contributed by atoms with Gasteiger partial charge in [0.1, 0.15) is 18.2 Å². The van der Waals surface area contributed by atoms with Gasteiger partial charge in [0.05, 0.1) is 10.6 Å². The first-order valence-electron chi connectivity index (χ1n) is 10.0. The Hall–Kier alpha value is -3.55. The summed E-state index contributed by atoms with van der Waals surface area (Å²) in [5, 5.41) is 2.50. The van der Waals surface area contributed by atoms with Crippen LogP contribution in [0.5, 0.6) is 0 Å². The second-order valence-corrected chi connectivity index (χ2v) is 11.2. The van der Waals surface area contributed by atoms with Crippen LogP contribution in [0.1, 0.15) is 0 Å². The van der Waals surface area contributed by atoms with E-state index in [1.54, 1.807) is 0 Å². The predicted molar refractivity (Wildman–Crippen MR) is 129 cm³/mol. The first-order valence-corrected chi connectivity index (χ1v) is 12.9. The van der Waals surface area contributed by atoms with Crippen LogP contribution in [0, 0.1) is 11.6 Å². The molecule has 3 aromatic rings. The van der Waals surface area contributed by atoms with Crippen LogP contribution in [0.3, 0.4) is 0 Å². The van der Waals surface area contributed by atoms with Gasteiger partial charge in [-0.1, -0.05) is 0 Å². The number of carbonyl (C=O) groups excluding carboxylic acids is 1. The van der Waals surface area contributed by atoms with Gasteiger partial charge in [-0.05, 0) is 72.8 Å². The zero-order chi connectivity index (χ0) is 25.8. The third-order valence-electron chi connectivity index (χ3n) is 4.69. The van der Waals surface area contributed by atoms with Crippen molar-refractivity contribution in [3.05, 3.63) is 84.4 Å². The second kappa shape index (κ2) is 10.4. The number of nitrogens with zero attached hydrogens (tertiary/aromatic N) is 2. The number of sulfonamides is 1. The number of amides is 1. The SMILES string of the molecule is CN(C)S(=O)(=O)N(CC(=O)Nc1ccc(S(=O)(=O)Nc2ccc(F)cc2)cc1)c1ccc(F)cc1. The van der Waals surface area contributed by atoms with Gasteiger partial charge in [-0.2, -0.15) is 12.7 Å². The Morgan fingerprint density at radius 3 is 1.77 bits per heavy atom. The minimum absolute atomic E-state index is 0.0866. The molecule has 0 fully saturated rings. The lowest BCUT2D eigenvalue weighted by atomic mass is 10.3. The summed E-state index contributed by atoms with van der Waals surface area (Å²) in [7, 11) is -5.46. The highest BCUT2D eigenvalue weighted by Gasteiger charge is 2.27. The van der Waals surface area contributed by atoms with E-state index in [0.29, 0.717) is 0 Å². The van der Waals surface area contributed by atoms with E-state index in [4.69, 9.17) is 0 Å². The van der Waals surface area contributed by atoms with Crippen molar-refractivity contribution >= 4 is 43.2 Å². The lowest BCUT2D eigenvalue weighted by Crippen LogP contribution is -2.44. The molecule has 1 amide bonds. The maximum Gasteiger partial charge on any atom is 0.304 e. The molecule has 9 nitrogen and oxygen atoms in total. The van der Waals surface area contributed by atoms with Crippen molar-refractivity contribution in [3.8, 4) is 0 Å². The van der Waals surface area contributed by atoms with Crippen LogP contribution >= 0.6 is 0 Å². The van der Waals surface area contributed by atoms with Crippen molar-refractivity contribution in [2.45, 2.75) is 4.90 Å². The highest BCUT2D eigenvalue weighted by molar-refractivity contribution is 7.92. The molecule has 0 aliphatic heterocycles. The van der Waals surface area contributed by atoms with Gasteiger partial charge in [0.25, 0.3) is 10.0 Å². The van der Waals surface area contributed by atoms with Gasteiger partial charge < -0.3 is 5.32 Å². The Kier molecular flexibility index (Phi) is 7.73. The molecule has 0 saturated heterocycles. The molecule has 0 radical (unpaired) electrons. The average molecular weight is 525 g/mol. The molecule has 0 spiro atoms. The van der Waals surface area contributed by atoms with Crippen molar-refractivity contribution < 1.29 is 30.4 Å². The number of carbonyl (C=O) groups is 1. The number of rotatable bonds is 9. The summed E-state index contributed by atoms with van der Waals surface area (Å²) >= 11 is 0. The second-order valence-electron chi connectivity index (χ2n) is 7.46. The molecule has 0 atom stereocenters. The average Bonchev–Trinajstić information content (AvgIpc) is 2.80. The zero-order valence-electron chi connectivity index (χ0n) is 18.6. The normalized spacial score (nSPS) is 11.8. The molecule has 3 aromatic carbocycles. The number of hydrogen-bond donors (Lipinski definition) is 2. The third-order valence-corrected chi connectivity index (χ3v) is 7.90. The molecule has 0 heterocycles. The molecule has 0 unspecified atom stereocenters. The van der Waals surface area contributed by atoms with Crippen molar-refractivity contribution in [1.82, 2.24) is 4.31 Å². The van der Waals surface area contributed by atoms with Crippen LogP contribution in [-0.2, 0) is 25.0 Å². The number of benzene rings is 3. The molecule has 2 N–H and O–H groups in total. The van der Waals surface area contributed by atoms with Crippen molar-refractivity contribution in [1.29, 1.82) is 0 Å². The molecule has 0 saturated carbocycles. The molecule has 13 heteroatoms. The summed E-state index contributed by atoms with van der Waals surface area (Å²) in [5.74, 6) is -1.78. The van der Waals surface area contributed by atoms with Crippen molar-refractivity contribution in [2.24, 2.45) is 0 Å². The molecule has 35 heavy (non-hydrogen) atoms. The van der Waals surface area contributed by atoms with Gasteiger partial charge in [-0.15, -0.1) is 0 Å². The first-order chi connectivity index (χ1) is 16.4. The zero-order valence-corrected chi connectivity index (χ0v) is 20.3. The molecular weight excluding hydrogens is 502 g/mol. The van der Waals surface area contributed by atoms with E-state index in [0.717, 1.165) is 32.9 Å². The molecule has 0 aliphatic carbocycles. The number of nitrogens with one attached hydrogen (secondary N) is 2. The van der Waals surface area contributed by atoms with Gasteiger partial charge in [0, 0.05) is 25.5 Å². The summed E-state index contributed by atoms with van der Waals surface area (Å²) in [4.78, 5) is 12.5. The fourth-order valence-electron chi connectivity index (χ4n) is 2.89. The smallest absolute Gasteiger partial charge is 0.304 e. The lowest BCUT2D eigenvalue weighted by Gasteiger charge is -2.26. The maximum absolute atomic E-state index is 13.3. The highest BCUT2D eigenvalue weighted by atomic mass is 32.2. The molecule has 3 rings (SSSR count). The summed E-state index contributed by atoms with van der Waals surface area (Å²) in [6.45, 7) is -0.613. The van der Waals surface area contributed by atoms with Crippen molar-refractivity contribution in [2.75, 3.05) is 35.0 Å². The molecule has 0 aromatic heterocycles. The van der Waals surface area contributed by atoms with E-state index < -0.39 is 44.3 Å². The standard InChI is InChI=1S/C22H22F2N4O5S2/c1-27(2)35(32,33)28(20-11-5-17(24)6-12-20)15-22(29)25-18-9-13-21(14-10-18)34(30,31)26-19-7-3-16(23)4-8-19/h3-14,26H,15H2,1-2H3,(H,25,29). The summed E-state index contributed by atoms with van der Waals surface area (Å²) in [6, 6.07) is 14.5. The van der Waals surface area contributed by atoms with Gasteiger partial charge in [-0.25, -0.2) is 21.5 Å². The minimum Gasteiger partial charge on any atom is -0.325 e. The van der Waals surface area contributed by atoms with E-state index in [2.05, 4.69) is 10.0 Å². The van der Waals surface area contributed by atoms with Crippen molar-refractivity contribution in [3.63, 3.8) is 0 Å². The predicted octanol–water partition coefficient (Wildman–Crippen LogP) is 3.02. The quantitative estimate of drug-likeness (QED) is 0.447. The van der Waals surface area contributed by atoms with Gasteiger partial charge in [-0.3, -0.25) is 9.52 Å². The van der Waals surface area contributed by atoms with Crippen LogP contribution in [0.4, 0.5) is 25.8 Å². The van der Waals surface area contributed by atoms with Crippen LogP contribution in [-0.4, -0.2) is 47.7 Å². The Labute approximate surface area is 202 Å². The van der Waals surface area contributed by atoms with E-state index in [9.17, 15) is 30.4 Å². The van der Waals surface area contributed by atoms with Crippen LogP contribution in [0.25, 0.3) is 0 Å². The van der Waals surface area contributed by atoms with E-state index >= 15 is 0 Å². The fourth-order valence-corrected chi connectivity index (χ4v) is 5.01. The van der Waals surface area contributed by atoms with Crippen LogP contribution < -0.4 is 14.3 Å². The molecule has 0 bridgehead atoms. The number of anilines is 3. The van der Waals surface area contributed by atoms with E-state index in [-0.39, 0.29) is 22.0 Å². The molecular formula is C22H22F2N4O5S2. The summed E-state index contributed by atoms with van der Waals surface area (Å²) in [5.41, 5.74) is 0.479. The van der Waals surface area contributed by atoms with Crippen LogP contribution in [0.2, 0.25) is 0 Å².